The van der Waals surface area contributed by atoms with Gasteiger partial charge in [-0.15, -0.1) is 11.3 Å². The topological polar surface area (TPSA) is 30.0 Å². The van der Waals surface area contributed by atoms with Gasteiger partial charge in [-0.1, -0.05) is 23.7 Å². The van der Waals surface area contributed by atoms with Crippen LogP contribution in [0.15, 0.2) is 24.3 Å². The Balaban J connectivity index is 2.17. The zero-order valence-corrected chi connectivity index (χ0v) is 11.2. The first-order valence-electron chi connectivity index (χ1n) is 5.28. The number of aromatic nitrogens is 1. The molecule has 0 aliphatic rings. The van der Waals surface area contributed by atoms with Crippen molar-refractivity contribution in [3.05, 3.63) is 50.4 Å². The van der Waals surface area contributed by atoms with Gasteiger partial charge in [0.2, 0.25) is 0 Å². The zero-order valence-electron chi connectivity index (χ0n) is 9.66. The smallest absolute Gasteiger partial charge is 0.179 e. The fourth-order valence-electron chi connectivity index (χ4n) is 1.66. The van der Waals surface area contributed by atoms with Gasteiger partial charge < -0.3 is 0 Å². The van der Waals surface area contributed by atoms with Crippen molar-refractivity contribution in [2.24, 2.45) is 0 Å². The van der Waals surface area contributed by atoms with Crippen molar-refractivity contribution >= 4 is 28.7 Å². The molecule has 2 aromatic rings. The Morgan fingerprint density at radius 2 is 1.94 bits per heavy atom. The van der Waals surface area contributed by atoms with Crippen molar-refractivity contribution in [1.29, 1.82) is 0 Å². The lowest BCUT2D eigenvalue weighted by Gasteiger charge is -2.00. The van der Waals surface area contributed by atoms with Crippen LogP contribution in [0.1, 0.15) is 25.9 Å². The molecule has 0 unspecified atom stereocenters. The summed E-state index contributed by atoms with van der Waals surface area (Å²) in [4.78, 5) is 17.1. The van der Waals surface area contributed by atoms with Gasteiger partial charge in [0.25, 0.3) is 0 Å². The van der Waals surface area contributed by atoms with E-state index < -0.39 is 0 Å². The van der Waals surface area contributed by atoms with Crippen LogP contribution in [0.2, 0.25) is 5.02 Å². The number of thiazole rings is 1. The number of nitrogens with zero attached hydrogens (tertiary/aromatic N) is 1. The normalized spacial score (nSPS) is 10.5. The Kier molecular flexibility index (Phi) is 3.60. The van der Waals surface area contributed by atoms with E-state index in [2.05, 4.69) is 4.98 Å². The summed E-state index contributed by atoms with van der Waals surface area (Å²) in [6.07, 6.45) is 0.402. The SMILES string of the molecule is Cc1nc(C)c(C(=O)Cc2ccc(Cl)cc2)s1. The number of hydrogen-bond acceptors (Lipinski definition) is 3. The number of ketones is 1. The molecule has 0 spiro atoms. The summed E-state index contributed by atoms with van der Waals surface area (Å²) in [6, 6.07) is 7.36. The van der Waals surface area contributed by atoms with E-state index in [-0.39, 0.29) is 5.78 Å². The minimum Gasteiger partial charge on any atom is -0.293 e. The average molecular weight is 266 g/mol. The highest BCUT2D eigenvalue weighted by Gasteiger charge is 2.14. The summed E-state index contributed by atoms with van der Waals surface area (Å²) in [6.45, 7) is 3.79. The molecule has 0 radical (unpaired) electrons. The van der Waals surface area contributed by atoms with E-state index in [0.29, 0.717) is 11.4 Å². The van der Waals surface area contributed by atoms with Crippen LogP contribution in [0.4, 0.5) is 0 Å². The molecule has 2 rings (SSSR count). The number of halogens is 1. The Bertz CT molecular complexity index is 545. The molecule has 88 valence electrons. The maximum atomic E-state index is 12.1. The van der Waals surface area contributed by atoms with E-state index in [0.717, 1.165) is 21.1 Å². The van der Waals surface area contributed by atoms with Crippen molar-refractivity contribution in [3.8, 4) is 0 Å². The highest BCUT2D eigenvalue weighted by atomic mass is 35.5. The highest BCUT2D eigenvalue weighted by molar-refractivity contribution is 7.13. The maximum Gasteiger partial charge on any atom is 0.179 e. The van der Waals surface area contributed by atoms with E-state index in [9.17, 15) is 4.79 Å². The summed E-state index contributed by atoms with van der Waals surface area (Å²) in [5, 5.41) is 1.62. The second-order valence-corrected chi connectivity index (χ2v) is 5.51. The van der Waals surface area contributed by atoms with E-state index in [4.69, 9.17) is 11.6 Å². The van der Waals surface area contributed by atoms with Crippen molar-refractivity contribution in [2.45, 2.75) is 20.3 Å². The molecule has 0 aliphatic carbocycles. The molecule has 0 amide bonds. The Morgan fingerprint density at radius 1 is 1.29 bits per heavy atom. The van der Waals surface area contributed by atoms with Crippen molar-refractivity contribution in [2.75, 3.05) is 0 Å². The number of aryl methyl sites for hydroxylation is 2. The Morgan fingerprint density at radius 3 is 2.47 bits per heavy atom. The molecule has 1 aromatic heterocycles. The molecular weight excluding hydrogens is 254 g/mol. The van der Waals surface area contributed by atoms with Gasteiger partial charge >= 0.3 is 0 Å². The molecule has 0 fully saturated rings. The second-order valence-electron chi connectivity index (χ2n) is 3.87. The van der Waals surface area contributed by atoms with Crippen molar-refractivity contribution < 1.29 is 4.79 Å². The Labute approximate surface area is 109 Å². The van der Waals surface area contributed by atoms with Crippen LogP contribution in [0.25, 0.3) is 0 Å². The molecule has 17 heavy (non-hydrogen) atoms. The lowest BCUT2D eigenvalue weighted by atomic mass is 10.1. The number of carbonyl (C=O) groups excluding carboxylic acids is 1. The zero-order chi connectivity index (χ0) is 12.4. The van der Waals surface area contributed by atoms with Crippen LogP contribution in [-0.2, 0) is 6.42 Å². The van der Waals surface area contributed by atoms with Crippen molar-refractivity contribution in [1.82, 2.24) is 4.98 Å². The number of benzene rings is 1. The minimum absolute atomic E-state index is 0.121. The number of hydrogen-bond donors (Lipinski definition) is 0. The quantitative estimate of drug-likeness (QED) is 0.790. The highest BCUT2D eigenvalue weighted by Crippen LogP contribution is 2.20. The summed E-state index contributed by atoms with van der Waals surface area (Å²) in [5.41, 5.74) is 1.80. The van der Waals surface area contributed by atoms with Gasteiger partial charge in [-0.05, 0) is 31.5 Å². The molecule has 0 saturated carbocycles. The summed E-state index contributed by atoms with van der Waals surface area (Å²) >= 11 is 7.26. The third kappa shape index (κ3) is 2.93. The van der Waals surface area contributed by atoms with Crippen LogP contribution < -0.4 is 0 Å². The molecular formula is C13H12ClNOS. The molecule has 1 aromatic carbocycles. The molecule has 0 bridgehead atoms. The molecule has 0 atom stereocenters. The fraction of sp³-hybridized carbons (Fsp3) is 0.231. The van der Waals surface area contributed by atoms with Crippen LogP contribution >= 0.6 is 22.9 Å². The van der Waals surface area contributed by atoms with Crippen LogP contribution in [0.5, 0.6) is 0 Å². The van der Waals surface area contributed by atoms with Gasteiger partial charge in [0.05, 0.1) is 15.6 Å². The van der Waals surface area contributed by atoms with Gasteiger partial charge in [0.15, 0.2) is 5.78 Å². The maximum absolute atomic E-state index is 12.1. The molecule has 4 heteroatoms. The standard InChI is InChI=1S/C13H12ClNOS/c1-8-13(17-9(2)15-8)12(16)7-10-3-5-11(14)6-4-10/h3-6H,7H2,1-2H3. The average Bonchev–Trinajstić information content (AvgIpc) is 2.61. The van der Waals surface area contributed by atoms with E-state index in [1.807, 2.05) is 26.0 Å². The number of Topliss-reactive ketones (excluding diaryl/α,β-unsaturated/α-hetero) is 1. The minimum atomic E-state index is 0.121. The number of carbonyl (C=O) groups is 1. The lowest BCUT2D eigenvalue weighted by molar-refractivity contribution is 0.0996. The van der Waals surface area contributed by atoms with Gasteiger partial charge in [-0.2, -0.15) is 0 Å². The van der Waals surface area contributed by atoms with E-state index in [1.165, 1.54) is 11.3 Å². The second kappa shape index (κ2) is 4.98. The van der Waals surface area contributed by atoms with Crippen LogP contribution in [0, 0.1) is 13.8 Å². The summed E-state index contributed by atoms with van der Waals surface area (Å²) in [7, 11) is 0. The first-order chi connectivity index (χ1) is 8.06. The number of rotatable bonds is 3. The molecule has 2 nitrogen and oxygen atoms in total. The molecule has 0 saturated heterocycles. The lowest BCUT2D eigenvalue weighted by Crippen LogP contribution is -2.02. The van der Waals surface area contributed by atoms with Gasteiger partial charge in [0, 0.05) is 11.4 Å². The third-order valence-electron chi connectivity index (χ3n) is 2.43. The molecule has 0 aliphatic heterocycles. The summed E-state index contributed by atoms with van der Waals surface area (Å²) < 4.78 is 0. The van der Waals surface area contributed by atoms with E-state index in [1.54, 1.807) is 12.1 Å². The first kappa shape index (κ1) is 12.3. The fourth-order valence-corrected chi connectivity index (χ4v) is 2.64. The van der Waals surface area contributed by atoms with Crippen molar-refractivity contribution in [3.63, 3.8) is 0 Å². The predicted molar refractivity (Wildman–Crippen MR) is 71.1 cm³/mol. The Hall–Kier alpha value is -1.19. The van der Waals surface area contributed by atoms with Crippen LogP contribution in [-0.4, -0.2) is 10.8 Å². The monoisotopic (exact) mass is 265 g/mol. The summed E-state index contributed by atoms with van der Waals surface area (Å²) in [5.74, 6) is 0.121. The van der Waals surface area contributed by atoms with Gasteiger partial charge in [-0.25, -0.2) is 4.98 Å². The van der Waals surface area contributed by atoms with Gasteiger partial charge in [0.1, 0.15) is 0 Å². The largest absolute Gasteiger partial charge is 0.293 e. The van der Waals surface area contributed by atoms with Gasteiger partial charge in [-0.3, -0.25) is 4.79 Å². The van der Waals surface area contributed by atoms with Crippen LogP contribution in [0.3, 0.4) is 0 Å². The third-order valence-corrected chi connectivity index (χ3v) is 3.80. The molecule has 0 N–H and O–H groups in total. The van der Waals surface area contributed by atoms with E-state index >= 15 is 0 Å². The first-order valence-corrected chi connectivity index (χ1v) is 6.47. The molecule has 1 heterocycles. The predicted octanol–water partition coefficient (Wildman–Crippen LogP) is 3.84.